The van der Waals surface area contributed by atoms with Crippen molar-refractivity contribution in [2.24, 2.45) is 0 Å². The maximum Gasteiger partial charge on any atom is 0.152 e. The number of rotatable bonds is 4. The second-order valence-electron chi connectivity index (χ2n) is 6.13. The van der Waals surface area contributed by atoms with Crippen molar-refractivity contribution in [1.29, 1.82) is 0 Å². The van der Waals surface area contributed by atoms with E-state index < -0.39 is 0 Å². The number of unbranched alkanes of at least 4 members (excludes halogenated alkanes) is 1. The van der Waals surface area contributed by atoms with Crippen LogP contribution in [0.3, 0.4) is 0 Å². The first-order chi connectivity index (χ1) is 12.8. The van der Waals surface area contributed by atoms with Gasteiger partial charge in [0, 0.05) is 24.8 Å². The fourth-order valence-corrected chi connectivity index (χ4v) is 3.83. The van der Waals surface area contributed by atoms with Crippen LogP contribution < -0.4 is 5.73 Å². The van der Waals surface area contributed by atoms with Gasteiger partial charge in [0.1, 0.15) is 11.3 Å². The highest BCUT2D eigenvalue weighted by molar-refractivity contribution is 7.10. The minimum atomic E-state index is 0.504. The SMILES string of the molecule is CCc1nc2c(N)nc3ccccc3c2n1CCCC#Cc1cccs1. The molecule has 0 atom stereocenters. The molecule has 0 bridgehead atoms. The molecule has 4 rings (SSSR count). The van der Waals surface area contributed by atoms with Crippen LogP contribution in [0.1, 0.15) is 30.5 Å². The topological polar surface area (TPSA) is 56.7 Å². The van der Waals surface area contributed by atoms with Crippen molar-refractivity contribution in [2.45, 2.75) is 32.7 Å². The predicted octanol–water partition coefficient (Wildman–Crippen LogP) is 4.62. The number of imidazole rings is 1. The number of nitrogens with zero attached hydrogens (tertiary/aromatic N) is 3. The van der Waals surface area contributed by atoms with Gasteiger partial charge in [-0.25, -0.2) is 9.97 Å². The predicted molar refractivity (Wildman–Crippen MR) is 109 cm³/mol. The van der Waals surface area contributed by atoms with Crippen LogP contribution in [0, 0.1) is 11.8 Å². The van der Waals surface area contributed by atoms with E-state index in [2.05, 4.69) is 45.8 Å². The van der Waals surface area contributed by atoms with E-state index >= 15 is 0 Å². The Morgan fingerprint density at radius 1 is 1.15 bits per heavy atom. The molecule has 5 heteroatoms. The summed E-state index contributed by atoms with van der Waals surface area (Å²) in [7, 11) is 0. The second-order valence-corrected chi connectivity index (χ2v) is 7.07. The third-order valence-electron chi connectivity index (χ3n) is 4.42. The van der Waals surface area contributed by atoms with Crippen LogP contribution in [0.25, 0.3) is 21.9 Å². The van der Waals surface area contributed by atoms with E-state index in [1.54, 1.807) is 11.3 Å². The highest BCUT2D eigenvalue weighted by atomic mass is 32.1. The molecule has 130 valence electrons. The third-order valence-corrected chi connectivity index (χ3v) is 5.21. The Morgan fingerprint density at radius 2 is 2.04 bits per heavy atom. The van der Waals surface area contributed by atoms with Crippen molar-refractivity contribution in [1.82, 2.24) is 14.5 Å². The quantitative estimate of drug-likeness (QED) is 0.427. The molecule has 0 spiro atoms. The molecule has 0 aliphatic heterocycles. The fraction of sp³-hybridized carbons (Fsp3) is 0.238. The molecule has 0 fully saturated rings. The van der Waals surface area contributed by atoms with Gasteiger partial charge in [0.05, 0.1) is 15.9 Å². The summed E-state index contributed by atoms with van der Waals surface area (Å²) in [5.74, 6) is 8.05. The number of aromatic nitrogens is 3. The maximum absolute atomic E-state index is 6.18. The van der Waals surface area contributed by atoms with Crippen LogP contribution in [-0.2, 0) is 13.0 Å². The molecular weight excluding hydrogens is 340 g/mol. The number of nitrogen functional groups attached to an aromatic ring is 1. The first-order valence-corrected chi connectivity index (χ1v) is 9.71. The molecule has 0 radical (unpaired) electrons. The number of nitrogens with two attached hydrogens (primary N) is 1. The number of hydrogen-bond acceptors (Lipinski definition) is 4. The Kier molecular flexibility index (Phi) is 4.59. The summed E-state index contributed by atoms with van der Waals surface area (Å²) in [6.07, 6.45) is 2.70. The number of anilines is 1. The molecule has 0 aliphatic carbocycles. The van der Waals surface area contributed by atoms with Crippen LogP contribution >= 0.6 is 11.3 Å². The van der Waals surface area contributed by atoms with E-state index in [0.29, 0.717) is 5.82 Å². The first kappa shape index (κ1) is 16.6. The number of thiophene rings is 1. The lowest BCUT2D eigenvalue weighted by Crippen LogP contribution is -2.03. The lowest BCUT2D eigenvalue weighted by Gasteiger charge is -2.09. The molecule has 0 saturated heterocycles. The van der Waals surface area contributed by atoms with Crippen LogP contribution in [0.5, 0.6) is 0 Å². The molecular formula is C21H20N4S. The van der Waals surface area contributed by atoms with E-state index in [1.165, 1.54) is 0 Å². The maximum atomic E-state index is 6.18. The third kappa shape index (κ3) is 3.04. The largest absolute Gasteiger partial charge is 0.382 e. The normalized spacial score (nSPS) is 11.0. The number of para-hydroxylation sites is 1. The summed E-state index contributed by atoms with van der Waals surface area (Å²) >= 11 is 1.68. The Labute approximate surface area is 156 Å². The van der Waals surface area contributed by atoms with Crippen LogP contribution in [0.4, 0.5) is 5.82 Å². The molecule has 0 aliphatic rings. The van der Waals surface area contributed by atoms with Gasteiger partial charge in [-0.15, -0.1) is 11.3 Å². The van der Waals surface area contributed by atoms with Crippen LogP contribution in [0.15, 0.2) is 41.8 Å². The molecule has 4 nitrogen and oxygen atoms in total. The van der Waals surface area contributed by atoms with Crippen LogP contribution in [0.2, 0.25) is 0 Å². The number of hydrogen-bond donors (Lipinski definition) is 1. The zero-order valence-electron chi connectivity index (χ0n) is 14.7. The minimum Gasteiger partial charge on any atom is -0.382 e. The van der Waals surface area contributed by atoms with Crippen molar-refractivity contribution in [2.75, 3.05) is 5.73 Å². The van der Waals surface area contributed by atoms with Gasteiger partial charge >= 0.3 is 0 Å². The smallest absolute Gasteiger partial charge is 0.152 e. The van der Waals surface area contributed by atoms with Gasteiger partial charge in [0.15, 0.2) is 5.82 Å². The second kappa shape index (κ2) is 7.19. The summed E-state index contributed by atoms with van der Waals surface area (Å²) in [6.45, 7) is 3.01. The summed E-state index contributed by atoms with van der Waals surface area (Å²) in [5, 5.41) is 3.16. The number of aryl methyl sites for hydroxylation is 2. The van der Waals surface area contributed by atoms with Gasteiger partial charge in [-0.1, -0.05) is 43.0 Å². The molecule has 3 aromatic heterocycles. The standard InChI is InChI=1S/C21H20N4S/c1-2-18-24-19-20(16-11-5-6-12-17(16)23-21(19)22)25(18)13-7-3-4-9-15-10-8-14-26-15/h5-6,8,10-12,14H,2-3,7,13H2,1H3,(H2,22,23). The minimum absolute atomic E-state index is 0.504. The monoisotopic (exact) mass is 360 g/mol. The lowest BCUT2D eigenvalue weighted by molar-refractivity contribution is 0.641. The molecule has 26 heavy (non-hydrogen) atoms. The van der Waals surface area contributed by atoms with Crippen molar-refractivity contribution in [3.05, 3.63) is 52.5 Å². The first-order valence-electron chi connectivity index (χ1n) is 8.83. The highest BCUT2D eigenvalue weighted by Gasteiger charge is 2.15. The average molecular weight is 360 g/mol. The summed E-state index contributed by atoms with van der Waals surface area (Å²) in [4.78, 5) is 10.4. The van der Waals surface area contributed by atoms with Gasteiger partial charge in [-0.3, -0.25) is 0 Å². The highest BCUT2D eigenvalue weighted by Crippen LogP contribution is 2.29. The lowest BCUT2D eigenvalue weighted by atomic mass is 10.2. The van der Waals surface area contributed by atoms with E-state index in [1.807, 2.05) is 24.3 Å². The Balaban J connectivity index is 1.67. The van der Waals surface area contributed by atoms with Gasteiger partial charge in [-0.2, -0.15) is 0 Å². The van der Waals surface area contributed by atoms with E-state index in [9.17, 15) is 0 Å². The molecule has 4 aromatic rings. The number of benzene rings is 1. The van der Waals surface area contributed by atoms with Crippen molar-refractivity contribution >= 4 is 39.1 Å². The average Bonchev–Trinajstić information content (AvgIpc) is 3.29. The van der Waals surface area contributed by atoms with E-state index in [-0.39, 0.29) is 0 Å². The molecule has 0 saturated carbocycles. The van der Waals surface area contributed by atoms with Gasteiger partial charge in [-0.05, 0) is 23.9 Å². The van der Waals surface area contributed by atoms with Gasteiger partial charge in [0.25, 0.3) is 0 Å². The number of pyridine rings is 1. The Bertz CT molecular complexity index is 1110. The van der Waals surface area contributed by atoms with E-state index in [0.717, 1.165) is 58.4 Å². The molecule has 0 amide bonds. The van der Waals surface area contributed by atoms with Gasteiger partial charge in [0.2, 0.25) is 0 Å². The Hall–Kier alpha value is -2.84. The summed E-state index contributed by atoms with van der Waals surface area (Å²) in [5.41, 5.74) is 9.00. The Morgan fingerprint density at radius 3 is 2.85 bits per heavy atom. The zero-order valence-corrected chi connectivity index (χ0v) is 15.5. The van der Waals surface area contributed by atoms with Crippen molar-refractivity contribution < 1.29 is 0 Å². The van der Waals surface area contributed by atoms with Gasteiger partial charge < -0.3 is 10.3 Å². The molecule has 0 unspecified atom stereocenters. The summed E-state index contributed by atoms with van der Waals surface area (Å²) in [6, 6.07) is 12.2. The molecule has 3 heterocycles. The van der Waals surface area contributed by atoms with Crippen molar-refractivity contribution in [3.8, 4) is 11.8 Å². The van der Waals surface area contributed by atoms with Crippen molar-refractivity contribution in [3.63, 3.8) is 0 Å². The number of fused-ring (bicyclic) bond motifs is 3. The summed E-state index contributed by atoms with van der Waals surface area (Å²) < 4.78 is 2.29. The molecule has 2 N–H and O–H groups in total. The van der Waals surface area contributed by atoms with E-state index in [4.69, 9.17) is 10.7 Å². The fourth-order valence-electron chi connectivity index (χ4n) is 3.24. The molecule has 1 aromatic carbocycles. The van der Waals surface area contributed by atoms with Crippen LogP contribution in [-0.4, -0.2) is 14.5 Å². The zero-order chi connectivity index (χ0) is 17.9.